The van der Waals surface area contributed by atoms with E-state index in [1.54, 1.807) is 0 Å². The third-order valence-corrected chi connectivity index (χ3v) is 6.53. The second-order valence-corrected chi connectivity index (χ2v) is 10.4. The second kappa shape index (κ2) is 15.5. The number of aliphatic imine (C=N–C) groups is 1. The van der Waals surface area contributed by atoms with Crippen LogP contribution in [-0.2, 0) is 6.42 Å². The second-order valence-electron chi connectivity index (χ2n) is 10.4. The standard InChI is InChI=1S/C25H46N6.2HI/c1-29(17-7-10-20-31(5)18-8-6-9-19-31)25(27)28-24(26)16-12-14-22-13-11-15-23(21-22)30(2,3)4;;/h11,13,15,21H,6-10,12,14,16-20H2,1-5H3,(H3,26,27,28);2*1H/q+2;;/p-2. The van der Waals surface area contributed by atoms with Gasteiger partial charge < -0.3 is 63.1 Å². The van der Waals surface area contributed by atoms with Gasteiger partial charge in [-0.1, -0.05) is 12.1 Å². The first-order chi connectivity index (χ1) is 14.6. The van der Waals surface area contributed by atoms with Crippen LogP contribution in [0.3, 0.4) is 0 Å². The molecule has 0 bridgehead atoms. The molecule has 0 unspecified atom stereocenters. The van der Waals surface area contributed by atoms with Gasteiger partial charge in [-0.3, -0.25) is 9.89 Å². The Labute approximate surface area is 236 Å². The molecule has 1 fully saturated rings. The van der Waals surface area contributed by atoms with Crippen molar-refractivity contribution in [1.82, 2.24) is 9.38 Å². The largest absolute Gasteiger partial charge is 1.00 e. The number of piperidine rings is 1. The summed E-state index contributed by atoms with van der Waals surface area (Å²) in [6, 6.07) is 8.75. The number of hydrogen-bond donors (Lipinski definition) is 2. The smallest absolute Gasteiger partial charge is 0.219 e. The summed E-state index contributed by atoms with van der Waals surface area (Å²) in [5, 5.41) is 8.24. The van der Waals surface area contributed by atoms with Gasteiger partial charge >= 0.3 is 0 Å². The number of amidine groups is 1. The Bertz CT molecular complexity index is 739. The van der Waals surface area contributed by atoms with Crippen LogP contribution in [0.25, 0.3) is 0 Å². The fraction of sp³-hybridized carbons (Fsp3) is 0.680. The molecule has 1 aliphatic rings. The average molecular weight is 684 g/mol. The Morgan fingerprint density at radius 2 is 1.76 bits per heavy atom. The van der Waals surface area contributed by atoms with Crippen molar-refractivity contribution in [3.8, 4) is 0 Å². The van der Waals surface area contributed by atoms with Gasteiger partial charge in [0.2, 0.25) is 5.96 Å². The van der Waals surface area contributed by atoms with Gasteiger partial charge in [0.1, 0.15) is 11.5 Å². The highest BCUT2D eigenvalue weighted by molar-refractivity contribution is 5.93. The number of aryl methyl sites for hydroxylation is 1. The lowest BCUT2D eigenvalue weighted by molar-refractivity contribution is -0.914. The van der Waals surface area contributed by atoms with E-state index in [2.05, 4.69) is 57.4 Å². The minimum atomic E-state index is 0. The highest BCUT2D eigenvalue weighted by atomic mass is 127. The normalized spacial score (nSPS) is 15.8. The summed E-state index contributed by atoms with van der Waals surface area (Å²) < 4.78 is 2.04. The number of unbranched alkanes of at least 4 members (excludes halogenated alkanes) is 1. The van der Waals surface area contributed by atoms with Crippen LogP contribution in [0.5, 0.6) is 0 Å². The molecule has 0 amide bonds. The molecular weight excluding hydrogens is 638 g/mol. The number of nitrogens with one attached hydrogen (secondary N) is 1. The molecule has 1 aromatic rings. The molecule has 0 atom stereocenters. The summed E-state index contributed by atoms with van der Waals surface area (Å²) in [4.78, 5) is 6.27. The molecule has 1 aromatic carbocycles. The van der Waals surface area contributed by atoms with Crippen LogP contribution in [0.4, 0.5) is 5.69 Å². The fourth-order valence-electron chi connectivity index (χ4n) is 4.33. The highest BCUT2D eigenvalue weighted by Crippen LogP contribution is 2.19. The minimum Gasteiger partial charge on any atom is -1.00 e. The number of nitrogens with zero attached hydrogens (tertiary/aromatic N) is 4. The molecule has 190 valence electrons. The van der Waals surface area contributed by atoms with Crippen molar-refractivity contribution in [3.05, 3.63) is 29.8 Å². The summed E-state index contributed by atoms with van der Waals surface area (Å²) in [5.74, 6) is 0.842. The predicted molar refractivity (Wildman–Crippen MR) is 135 cm³/mol. The first kappa shape index (κ1) is 32.5. The van der Waals surface area contributed by atoms with Gasteiger partial charge in [-0.15, -0.1) is 0 Å². The van der Waals surface area contributed by atoms with Crippen LogP contribution in [0.1, 0.15) is 50.5 Å². The molecule has 3 N–H and O–H groups in total. The van der Waals surface area contributed by atoms with Gasteiger partial charge in [0.05, 0.1) is 47.8 Å². The van der Waals surface area contributed by atoms with E-state index in [-0.39, 0.29) is 53.9 Å². The molecule has 1 saturated heterocycles. The van der Waals surface area contributed by atoms with Crippen LogP contribution >= 0.6 is 0 Å². The van der Waals surface area contributed by atoms with E-state index in [9.17, 15) is 0 Å². The topological polar surface area (TPSA) is 65.5 Å². The summed E-state index contributed by atoms with van der Waals surface area (Å²) in [6.45, 7) is 4.77. The maximum Gasteiger partial charge on any atom is 0.219 e. The van der Waals surface area contributed by atoms with Crippen LogP contribution in [-0.4, -0.2) is 82.6 Å². The van der Waals surface area contributed by atoms with Gasteiger partial charge in [0.15, 0.2) is 0 Å². The van der Waals surface area contributed by atoms with E-state index < -0.39 is 0 Å². The molecule has 1 aliphatic heterocycles. The molecule has 1 heterocycles. The molecule has 2 rings (SSSR count). The SMILES string of the molecule is CN(CCCC[N+]1(C)CCCCC1)C(=N)N=C(N)CCCc1cccc([N+](C)(C)C)c1.[I-].[I-]. The number of halogens is 2. The number of guanidine groups is 1. The lowest BCUT2D eigenvalue weighted by Gasteiger charge is -2.38. The van der Waals surface area contributed by atoms with Crippen molar-refractivity contribution in [2.24, 2.45) is 10.7 Å². The zero-order valence-electron chi connectivity index (χ0n) is 21.4. The van der Waals surface area contributed by atoms with E-state index in [0.717, 1.165) is 36.7 Å². The number of hydrogen-bond acceptors (Lipinski definition) is 1. The maximum atomic E-state index is 8.24. The highest BCUT2D eigenvalue weighted by Gasteiger charge is 2.23. The molecule has 0 radical (unpaired) electrons. The molecule has 8 heteroatoms. The molecule has 33 heavy (non-hydrogen) atoms. The van der Waals surface area contributed by atoms with Crippen molar-refractivity contribution < 1.29 is 52.4 Å². The molecule has 6 nitrogen and oxygen atoms in total. The van der Waals surface area contributed by atoms with Crippen LogP contribution < -0.4 is 58.2 Å². The fourth-order valence-corrected chi connectivity index (χ4v) is 4.33. The number of nitrogens with two attached hydrogens (primary N) is 1. The number of quaternary nitrogens is 2. The lowest BCUT2D eigenvalue weighted by Crippen LogP contribution is -3.00. The van der Waals surface area contributed by atoms with E-state index in [1.165, 1.54) is 61.1 Å². The number of benzene rings is 1. The number of likely N-dealkylation sites (tertiary alicyclic amines) is 1. The molecule has 0 aliphatic carbocycles. The monoisotopic (exact) mass is 684 g/mol. The van der Waals surface area contributed by atoms with Gasteiger partial charge in [0.25, 0.3) is 0 Å². The number of rotatable bonds is 10. The van der Waals surface area contributed by atoms with E-state index in [4.69, 9.17) is 11.1 Å². The van der Waals surface area contributed by atoms with Crippen LogP contribution in [0.15, 0.2) is 29.3 Å². The Morgan fingerprint density at radius 1 is 1.09 bits per heavy atom. The summed E-state index contributed by atoms with van der Waals surface area (Å²) in [5.41, 5.74) is 8.76. The Hall–Kier alpha value is -0.460. The first-order valence-corrected chi connectivity index (χ1v) is 12.0. The summed E-state index contributed by atoms with van der Waals surface area (Å²) in [6.07, 6.45) is 9.10. The van der Waals surface area contributed by atoms with Gasteiger partial charge in [0, 0.05) is 26.1 Å². The quantitative estimate of drug-likeness (QED) is 0.0972. The van der Waals surface area contributed by atoms with Crippen LogP contribution in [0.2, 0.25) is 0 Å². The third kappa shape index (κ3) is 12.2. The maximum absolute atomic E-state index is 8.24. The Kier molecular flexibility index (Phi) is 15.3. The van der Waals surface area contributed by atoms with E-state index in [0.29, 0.717) is 5.84 Å². The zero-order valence-corrected chi connectivity index (χ0v) is 25.7. The van der Waals surface area contributed by atoms with Crippen molar-refractivity contribution >= 4 is 17.5 Å². The zero-order chi connectivity index (χ0) is 22.9. The average Bonchev–Trinajstić information content (AvgIpc) is 2.71. The summed E-state index contributed by atoms with van der Waals surface area (Å²) in [7, 11) is 10.9. The van der Waals surface area contributed by atoms with Crippen molar-refractivity contribution in [2.75, 3.05) is 61.4 Å². The third-order valence-electron chi connectivity index (χ3n) is 6.53. The van der Waals surface area contributed by atoms with E-state index in [1.807, 2.05) is 11.9 Å². The van der Waals surface area contributed by atoms with Gasteiger partial charge in [-0.25, -0.2) is 4.99 Å². The molecular formula is C25H46I2N6. The van der Waals surface area contributed by atoms with Crippen molar-refractivity contribution in [3.63, 3.8) is 0 Å². The molecule has 0 saturated carbocycles. The Morgan fingerprint density at radius 3 is 2.39 bits per heavy atom. The Balaban J connectivity index is 0.00000512. The minimum absolute atomic E-state index is 0. The van der Waals surface area contributed by atoms with Gasteiger partial charge in [-0.2, -0.15) is 0 Å². The first-order valence-electron chi connectivity index (χ1n) is 12.0. The van der Waals surface area contributed by atoms with E-state index >= 15 is 0 Å². The van der Waals surface area contributed by atoms with Crippen molar-refractivity contribution in [2.45, 2.75) is 51.4 Å². The molecule has 0 aromatic heterocycles. The van der Waals surface area contributed by atoms with Crippen molar-refractivity contribution in [1.29, 1.82) is 5.41 Å². The molecule has 0 spiro atoms. The lowest BCUT2D eigenvalue weighted by atomic mass is 10.1. The van der Waals surface area contributed by atoms with Crippen LogP contribution in [0, 0.1) is 5.41 Å². The predicted octanol–water partition coefficient (Wildman–Crippen LogP) is -2.15. The van der Waals surface area contributed by atoms with Gasteiger partial charge in [-0.05, 0) is 56.6 Å². The summed E-state index contributed by atoms with van der Waals surface area (Å²) >= 11 is 0.